The summed E-state index contributed by atoms with van der Waals surface area (Å²) < 4.78 is 5.37. The van der Waals surface area contributed by atoms with Crippen LogP contribution in [0.1, 0.15) is 32.4 Å². The minimum Gasteiger partial charge on any atom is -0.508 e. The molecule has 4 N–H and O–H groups in total. The molecule has 2 aliphatic heterocycles. The number of alkyl carbamates (subject to hydrolysis) is 1. The van der Waals surface area contributed by atoms with Gasteiger partial charge in [-0.05, 0) is 74.9 Å². The molecule has 0 aromatic heterocycles. The molecule has 3 atom stereocenters. The zero-order valence-corrected chi connectivity index (χ0v) is 30.1. The second-order valence-electron chi connectivity index (χ2n) is 13.3. The second kappa shape index (κ2) is 14.6. The summed E-state index contributed by atoms with van der Waals surface area (Å²) in [6.07, 6.45) is -0.463. The minimum atomic E-state index is -2.47. The molecule has 1 unspecified atom stereocenters. The first-order chi connectivity index (χ1) is 24.4. The van der Waals surface area contributed by atoms with E-state index >= 15 is 0 Å². The molecule has 2 heterocycles. The highest BCUT2D eigenvalue weighted by molar-refractivity contribution is 8.00. The fourth-order valence-corrected chi connectivity index (χ4v) is 12.3. The SMILES string of the molecule is CC(C)(C)OC(=O)NC(C(=O)N[C@@H]1C(=O)N2C(C(=O)O)=C(C[P+](c3ccccc3)(c3ccccc3)c3ccccc3)CS[C@@H]12)c1cccc(O)c1. The molecule has 4 aromatic carbocycles. The number of carbonyl (C=O) groups excluding carboxylic acids is 3. The van der Waals surface area contributed by atoms with E-state index < -0.39 is 54.2 Å². The predicted molar refractivity (Wildman–Crippen MR) is 200 cm³/mol. The van der Waals surface area contributed by atoms with E-state index in [0.29, 0.717) is 17.5 Å². The van der Waals surface area contributed by atoms with Crippen LogP contribution in [0.2, 0.25) is 0 Å². The van der Waals surface area contributed by atoms with E-state index in [-0.39, 0.29) is 17.0 Å². The quantitative estimate of drug-likeness (QED) is 0.136. The Hall–Kier alpha value is -5.12. The van der Waals surface area contributed by atoms with Crippen LogP contribution in [-0.4, -0.2) is 67.9 Å². The average molecular weight is 725 g/mol. The maximum atomic E-state index is 13.8. The zero-order valence-electron chi connectivity index (χ0n) is 28.4. The number of ether oxygens (including phenoxy) is 1. The number of phenolic OH excluding ortho intramolecular Hbond substituents is 1. The van der Waals surface area contributed by atoms with Gasteiger partial charge in [0, 0.05) is 11.3 Å². The summed E-state index contributed by atoms with van der Waals surface area (Å²) in [4.78, 5) is 54.7. The first-order valence-corrected chi connectivity index (χ1v) is 19.4. The van der Waals surface area contributed by atoms with Crippen molar-refractivity contribution in [2.75, 3.05) is 11.9 Å². The third kappa shape index (κ3) is 7.36. The summed E-state index contributed by atoms with van der Waals surface area (Å²) in [5.41, 5.74) is -0.00484. The number of phenols is 1. The molecule has 51 heavy (non-hydrogen) atoms. The number of rotatable bonds is 10. The second-order valence-corrected chi connectivity index (χ2v) is 17.9. The standard InChI is InChI=1S/C39H38N3O7PS/c1-39(2,3)49-38(48)41-31(25-14-13-15-27(43)22-25)34(44)40-32-35(45)42-33(37(46)47)26(24-51-36(32)42)23-50(28-16-7-4-8-17-28,29-18-9-5-10-19-29)30-20-11-6-12-21-30/h4-22,31-32,36H,23-24H2,1-3H3,(H3-,40,41,43,44,46,47,48)/p+1/t31?,32-,36+/m1/s1. The van der Waals surface area contributed by atoms with Crippen LogP contribution in [0.3, 0.4) is 0 Å². The number of nitrogens with zero attached hydrogens (tertiary/aromatic N) is 1. The Morgan fingerprint density at radius 1 is 0.882 bits per heavy atom. The Morgan fingerprint density at radius 3 is 1.92 bits per heavy atom. The minimum absolute atomic E-state index is 0.0715. The summed E-state index contributed by atoms with van der Waals surface area (Å²) >= 11 is 1.39. The molecule has 12 heteroatoms. The monoisotopic (exact) mass is 724 g/mol. The van der Waals surface area contributed by atoms with Crippen LogP contribution in [0.25, 0.3) is 0 Å². The normalized spacial score (nSPS) is 17.9. The molecule has 2 aliphatic rings. The number of carboxylic acid groups (broad SMARTS) is 1. The maximum absolute atomic E-state index is 13.8. The number of amides is 3. The molecule has 4 aromatic rings. The number of carbonyl (C=O) groups is 4. The number of benzene rings is 4. The number of fused-ring (bicyclic) bond motifs is 1. The molecular formula is C39H39N3O7PS+. The van der Waals surface area contributed by atoms with Crippen molar-refractivity contribution in [2.45, 2.75) is 43.8 Å². The van der Waals surface area contributed by atoms with E-state index in [9.17, 15) is 29.4 Å². The lowest BCUT2D eigenvalue weighted by Gasteiger charge is -2.49. The molecule has 3 amide bonds. The number of β-lactam (4-membered cyclic amide) rings is 1. The van der Waals surface area contributed by atoms with Gasteiger partial charge in [-0.1, -0.05) is 66.7 Å². The Bertz CT molecular complexity index is 1870. The van der Waals surface area contributed by atoms with Gasteiger partial charge in [0.15, 0.2) is 0 Å². The lowest BCUT2D eigenvalue weighted by molar-refractivity contribution is -0.151. The van der Waals surface area contributed by atoms with E-state index in [1.54, 1.807) is 26.8 Å². The van der Waals surface area contributed by atoms with Gasteiger partial charge >= 0.3 is 12.1 Å². The van der Waals surface area contributed by atoms with Gasteiger partial charge < -0.3 is 25.6 Å². The molecule has 0 aliphatic carbocycles. The first-order valence-electron chi connectivity index (χ1n) is 16.4. The van der Waals surface area contributed by atoms with Crippen molar-refractivity contribution in [1.29, 1.82) is 0 Å². The van der Waals surface area contributed by atoms with E-state index in [2.05, 4.69) is 47.0 Å². The van der Waals surface area contributed by atoms with Gasteiger partial charge in [-0.3, -0.25) is 14.5 Å². The highest BCUT2D eigenvalue weighted by atomic mass is 32.2. The van der Waals surface area contributed by atoms with Crippen LogP contribution >= 0.6 is 19.0 Å². The Kier molecular flexibility index (Phi) is 10.2. The number of thioether (sulfide) groups is 1. The molecule has 1 fully saturated rings. The number of carboxylic acids is 1. The Labute approximate surface area is 301 Å². The number of hydrogen-bond acceptors (Lipinski definition) is 7. The maximum Gasteiger partial charge on any atom is 0.408 e. The van der Waals surface area contributed by atoms with E-state index in [1.165, 1.54) is 34.9 Å². The molecule has 0 saturated carbocycles. The van der Waals surface area contributed by atoms with Crippen molar-refractivity contribution >= 4 is 58.8 Å². The molecule has 0 radical (unpaired) electrons. The summed E-state index contributed by atoms with van der Waals surface area (Å²) in [6.45, 7) is 5.06. The Morgan fingerprint density at radius 2 is 1.43 bits per heavy atom. The van der Waals surface area contributed by atoms with Gasteiger partial charge in [0.1, 0.15) is 57.7 Å². The van der Waals surface area contributed by atoms with Gasteiger partial charge in [0.2, 0.25) is 5.91 Å². The predicted octanol–water partition coefficient (Wildman–Crippen LogP) is 4.69. The van der Waals surface area contributed by atoms with Crippen LogP contribution in [0.5, 0.6) is 5.75 Å². The largest absolute Gasteiger partial charge is 0.508 e. The molecular weight excluding hydrogens is 685 g/mol. The lowest BCUT2D eigenvalue weighted by atomic mass is 10.0. The molecule has 6 rings (SSSR count). The van der Waals surface area contributed by atoms with Crippen molar-refractivity contribution in [2.24, 2.45) is 0 Å². The summed E-state index contributed by atoms with van der Waals surface area (Å²) in [5, 5.41) is 28.6. The van der Waals surface area contributed by atoms with Crippen molar-refractivity contribution in [1.82, 2.24) is 15.5 Å². The summed E-state index contributed by atoms with van der Waals surface area (Å²) in [5.74, 6) is -2.29. The average Bonchev–Trinajstić information content (AvgIpc) is 3.11. The summed E-state index contributed by atoms with van der Waals surface area (Å²) in [6, 6.07) is 33.8. The third-order valence-electron chi connectivity index (χ3n) is 8.69. The zero-order chi connectivity index (χ0) is 36.3. The van der Waals surface area contributed by atoms with Crippen molar-refractivity contribution < 1.29 is 34.1 Å². The van der Waals surface area contributed by atoms with E-state index in [4.69, 9.17) is 4.74 Å². The number of aliphatic carboxylic acids is 1. The van der Waals surface area contributed by atoms with Gasteiger partial charge in [-0.15, -0.1) is 11.8 Å². The van der Waals surface area contributed by atoms with Crippen LogP contribution in [0.4, 0.5) is 4.79 Å². The van der Waals surface area contributed by atoms with Gasteiger partial charge in [0.25, 0.3) is 5.91 Å². The van der Waals surface area contributed by atoms with Gasteiger partial charge in [-0.25, -0.2) is 9.59 Å². The fraction of sp³-hybridized carbons (Fsp3) is 0.231. The molecule has 10 nitrogen and oxygen atoms in total. The van der Waals surface area contributed by atoms with Crippen LogP contribution < -0.4 is 26.5 Å². The van der Waals surface area contributed by atoms with Gasteiger partial charge in [-0.2, -0.15) is 0 Å². The van der Waals surface area contributed by atoms with Crippen molar-refractivity contribution in [3.8, 4) is 5.75 Å². The van der Waals surface area contributed by atoms with E-state index in [1.807, 2.05) is 54.6 Å². The molecule has 1 saturated heterocycles. The summed E-state index contributed by atoms with van der Waals surface area (Å²) in [7, 11) is -2.47. The smallest absolute Gasteiger partial charge is 0.408 e. The van der Waals surface area contributed by atoms with Gasteiger partial charge in [0.05, 0.1) is 6.16 Å². The number of aromatic hydroxyl groups is 1. The third-order valence-corrected chi connectivity index (χ3v) is 14.4. The van der Waals surface area contributed by atoms with Crippen molar-refractivity contribution in [3.63, 3.8) is 0 Å². The Balaban J connectivity index is 1.33. The fourth-order valence-electron chi connectivity index (χ4n) is 6.53. The lowest BCUT2D eigenvalue weighted by Crippen LogP contribution is -2.71. The van der Waals surface area contributed by atoms with Crippen molar-refractivity contribution in [3.05, 3.63) is 132 Å². The van der Waals surface area contributed by atoms with Crippen LogP contribution in [-0.2, 0) is 19.1 Å². The molecule has 0 spiro atoms. The number of hydrogen-bond donors (Lipinski definition) is 4. The number of nitrogens with one attached hydrogen (secondary N) is 2. The van der Waals surface area contributed by atoms with Crippen LogP contribution in [0.15, 0.2) is 127 Å². The van der Waals surface area contributed by atoms with Crippen LogP contribution in [0, 0.1) is 0 Å². The van der Waals surface area contributed by atoms with E-state index in [0.717, 1.165) is 15.9 Å². The highest BCUT2D eigenvalue weighted by Gasteiger charge is 2.56. The molecule has 262 valence electrons. The molecule has 0 bridgehead atoms. The highest BCUT2D eigenvalue weighted by Crippen LogP contribution is 2.58. The first kappa shape index (κ1) is 35.7. The topological polar surface area (TPSA) is 145 Å².